The van der Waals surface area contributed by atoms with Gasteiger partial charge >= 0.3 is 5.97 Å². The van der Waals surface area contributed by atoms with Gasteiger partial charge in [0.25, 0.3) is 0 Å². The van der Waals surface area contributed by atoms with Gasteiger partial charge in [0.05, 0.1) is 0 Å². The van der Waals surface area contributed by atoms with Crippen molar-refractivity contribution in [2.24, 2.45) is 0 Å². The maximum atomic E-state index is 12.4. The van der Waals surface area contributed by atoms with Crippen molar-refractivity contribution < 1.29 is 19.4 Å². The summed E-state index contributed by atoms with van der Waals surface area (Å²) < 4.78 is 5.33. The van der Waals surface area contributed by atoms with E-state index in [1.807, 2.05) is 0 Å². The van der Waals surface area contributed by atoms with Crippen LogP contribution in [0.5, 0.6) is 11.5 Å². The normalized spacial score (nSPS) is 10.6. The maximum Gasteiger partial charge on any atom is 0.311 e. The standard InChI is InChI=1S/C23H28O4/c1-2-3-4-5-6-7-8-9-22(25)27-21-16-12-19(13-17-21)23(26)18-10-14-20(24)15-11-18/h10-17,24H,2-9H2,1H3. The number of ether oxygens (including phenoxy) is 1. The third-order valence-corrected chi connectivity index (χ3v) is 4.46. The molecule has 0 aliphatic rings. The van der Waals surface area contributed by atoms with Crippen LogP contribution in [0.4, 0.5) is 0 Å². The predicted octanol–water partition coefficient (Wildman–Crippen LogP) is 5.67. The van der Waals surface area contributed by atoms with Gasteiger partial charge < -0.3 is 9.84 Å². The van der Waals surface area contributed by atoms with Crippen LogP contribution < -0.4 is 4.74 Å². The molecule has 2 aromatic rings. The average molecular weight is 368 g/mol. The van der Waals surface area contributed by atoms with Crippen LogP contribution in [0.1, 0.15) is 74.2 Å². The van der Waals surface area contributed by atoms with Gasteiger partial charge in [-0.05, 0) is 55.0 Å². The van der Waals surface area contributed by atoms with Crippen molar-refractivity contribution in [3.63, 3.8) is 0 Å². The van der Waals surface area contributed by atoms with E-state index in [1.165, 1.54) is 44.2 Å². The van der Waals surface area contributed by atoms with Gasteiger partial charge in [-0.25, -0.2) is 0 Å². The number of benzene rings is 2. The molecule has 0 saturated carbocycles. The van der Waals surface area contributed by atoms with Crippen molar-refractivity contribution in [2.45, 2.75) is 58.3 Å². The van der Waals surface area contributed by atoms with Gasteiger partial charge in [0, 0.05) is 17.5 Å². The molecule has 27 heavy (non-hydrogen) atoms. The number of hydrogen-bond acceptors (Lipinski definition) is 4. The quantitative estimate of drug-likeness (QED) is 0.240. The van der Waals surface area contributed by atoms with Crippen molar-refractivity contribution in [2.75, 3.05) is 0 Å². The monoisotopic (exact) mass is 368 g/mol. The Hall–Kier alpha value is -2.62. The van der Waals surface area contributed by atoms with Gasteiger partial charge in [-0.1, -0.05) is 45.4 Å². The molecule has 2 aromatic carbocycles. The van der Waals surface area contributed by atoms with Gasteiger partial charge in [-0.2, -0.15) is 0 Å². The summed E-state index contributed by atoms with van der Waals surface area (Å²) in [5.74, 6) is 0.192. The molecule has 4 nitrogen and oxygen atoms in total. The Morgan fingerprint density at radius 3 is 1.89 bits per heavy atom. The van der Waals surface area contributed by atoms with E-state index in [2.05, 4.69) is 6.92 Å². The molecule has 0 unspecified atom stereocenters. The van der Waals surface area contributed by atoms with E-state index in [1.54, 1.807) is 36.4 Å². The van der Waals surface area contributed by atoms with E-state index in [0.29, 0.717) is 23.3 Å². The third-order valence-electron chi connectivity index (χ3n) is 4.46. The highest BCUT2D eigenvalue weighted by molar-refractivity contribution is 6.09. The first-order chi connectivity index (χ1) is 13.1. The summed E-state index contributed by atoms with van der Waals surface area (Å²) in [7, 11) is 0. The lowest BCUT2D eigenvalue weighted by Crippen LogP contribution is -2.08. The predicted molar refractivity (Wildman–Crippen MR) is 106 cm³/mol. The first-order valence-electron chi connectivity index (χ1n) is 9.74. The smallest absolute Gasteiger partial charge is 0.311 e. The SMILES string of the molecule is CCCCCCCCCC(=O)Oc1ccc(C(=O)c2ccc(O)cc2)cc1. The lowest BCUT2D eigenvalue weighted by molar-refractivity contribution is -0.134. The van der Waals surface area contributed by atoms with E-state index < -0.39 is 0 Å². The van der Waals surface area contributed by atoms with Gasteiger partial charge in [0.15, 0.2) is 5.78 Å². The van der Waals surface area contributed by atoms with Crippen molar-refractivity contribution in [3.8, 4) is 11.5 Å². The number of aromatic hydroxyl groups is 1. The molecule has 144 valence electrons. The van der Waals surface area contributed by atoms with Crippen molar-refractivity contribution in [1.82, 2.24) is 0 Å². The summed E-state index contributed by atoms with van der Waals surface area (Å²) in [4.78, 5) is 24.3. The molecule has 0 aliphatic carbocycles. The Labute approximate surface area is 161 Å². The summed E-state index contributed by atoms with van der Waals surface area (Å²) in [5, 5.41) is 9.30. The fourth-order valence-electron chi connectivity index (χ4n) is 2.86. The summed E-state index contributed by atoms with van der Waals surface area (Å²) in [6.07, 6.45) is 8.53. The van der Waals surface area contributed by atoms with Crippen LogP contribution in [-0.4, -0.2) is 16.9 Å². The number of carbonyl (C=O) groups is 2. The molecular weight excluding hydrogens is 340 g/mol. The largest absolute Gasteiger partial charge is 0.508 e. The lowest BCUT2D eigenvalue weighted by Gasteiger charge is -2.06. The Bertz CT molecular complexity index is 717. The van der Waals surface area contributed by atoms with Crippen molar-refractivity contribution >= 4 is 11.8 Å². The summed E-state index contributed by atoms with van der Waals surface area (Å²) >= 11 is 0. The van der Waals surface area contributed by atoms with Crippen LogP contribution in [0.2, 0.25) is 0 Å². The fourth-order valence-corrected chi connectivity index (χ4v) is 2.86. The van der Waals surface area contributed by atoms with E-state index in [0.717, 1.165) is 12.8 Å². The average Bonchev–Trinajstić information content (AvgIpc) is 2.68. The van der Waals surface area contributed by atoms with Crippen LogP contribution >= 0.6 is 0 Å². The summed E-state index contributed by atoms with van der Waals surface area (Å²) in [6, 6.07) is 12.7. The number of ketones is 1. The van der Waals surface area contributed by atoms with Gasteiger partial charge in [-0.3, -0.25) is 9.59 Å². The summed E-state index contributed by atoms with van der Waals surface area (Å²) in [5.41, 5.74) is 1.00. The topological polar surface area (TPSA) is 63.6 Å². The molecular formula is C23H28O4. The minimum atomic E-state index is -0.235. The Morgan fingerprint density at radius 1 is 0.778 bits per heavy atom. The van der Waals surface area contributed by atoms with Gasteiger partial charge in [0.2, 0.25) is 0 Å². The molecule has 0 atom stereocenters. The molecule has 0 saturated heterocycles. The second-order valence-corrected chi connectivity index (χ2v) is 6.75. The van der Waals surface area contributed by atoms with Crippen LogP contribution in [0, 0.1) is 0 Å². The van der Waals surface area contributed by atoms with Crippen molar-refractivity contribution in [3.05, 3.63) is 59.7 Å². The highest BCUT2D eigenvalue weighted by atomic mass is 16.5. The molecule has 0 fully saturated rings. The second-order valence-electron chi connectivity index (χ2n) is 6.75. The second kappa shape index (κ2) is 11.2. The first-order valence-corrected chi connectivity index (χ1v) is 9.74. The molecule has 0 spiro atoms. The minimum Gasteiger partial charge on any atom is -0.508 e. The molecule has 0 aliphatic heterocycles. The molecule has 0 heterocycles. The van der Waals surface area contributed by atoms with E-state index in [4.69, 9.17) is 4.74 Å². The zero-order chi connectivity index (χ0) is 19.5. The molecule has 0 amide bonds. The van der Waals surface area contributed by atoms with Crippen LogP contribution in [0.3, 0.4) is 0 Å². The number of hydrogen-bond donors (Lipinski definition) is 1. The van der Waals surface area contributed by atoms with Gasteiger partial charge in [-0.15, -0.1) is 0 Å². The Balaban J connectivity index is 1.75. The van der Waals surface area contributed by atoms with Crippen molar-refractivity contribution in [1.29, 1.82) is 0 Å². The number of rotatable bonds is 11. The first kappa shape index (κ1) is 20.7. The molecule has 1 N–H and O–H groups in total. The van der Waals surface area contributed by atoms with Gasteiger partial charge in [0.1, 0.15) is 11.5 Å². The fraction of sp³-hybridized carbons (Fsp3) is 0.391. The Morgan fingerprint density at radius 2 is 1.30 bits per heavy atom. The molecule has 4 heteroatoms. The highest BCUT2D eigenvalue weighted by Crippen LogP contribution is 2.18. The number of phenolic OH excluding ortho intramolecular Hbond substituents is 1. The zero-order valence-electron chi connectivity index (χ0n) is 15.9. The molecule has 0 radical (unpaired) electrons. The lowest BCUT2D eigenvalue weighted by atomic mass is 10.0. The molecule has 0 bridgehead atoms. The summed E-state index contributed by atoms with van der Waals surface area (Å²) in [6.45, 7) is 2.20. The highest BCUT2D eigenvalue weighted by Gasteiger charge is 2.10. The number of carbonyl (C=O) groups excluding carboxylic acids is 2. The van der Waals surface area contributed by atoms with Crippen LogP contribution in [0.15, 0.2) is 48.5 Å². The maximum absolute atomic E-state index is 12.4. The molecule has 2 rings (SSSR count). The third kappa shape index (κ3) is 7.26. The minimum absolute atomic E-state index is 0.120. The number of unbranched alkanes of at least 4 members (excludes halogenated alkanes) is 6. The van der Waals surface area contributed by atoms with Crippen LogP contribution in [-0.2, 0) is 4.79 Å². The number of phenols is 1. The van der Waals surface area contributed by atoms with E-state index in [9.17, 15) is 14.7 Å². The van der Waals surface area contributed by atoms with E-state index in [-0.39, 0.29) is 17.5 Å². The van der Waals surface area contributed by atoms with Crippen LogP contribution in [0.25, 0.3) is 0 Å². The zero-order valence-corrected chi connectivity index (χ0v) is 15.9. The van der Waals surface area contributed by atoms with E-state index >= 15 is 0 Å². The Kier molecular flexibility index (Phi) is 8.56. The number of esters is 1. The molecule has 0 aromatic heterocycles.